The average Bonchev–Trinajstić information content (AvgIpc) is 2.71. The summed E-state index contributed by atoms with van der Waals surface area (Å²) >= 11 is 0. The molecule has 4 nitrogen and oxygen atoms in total. The third-order valence-electron chi connectivity index (χ3n) is 9.37. The second-order valence-corrected chi connectivity index (χ2v) is 33.9. The van der Waals surface area contributed by atoms with Gasteiger partial charge in [0.1, 0.15) is 0 Å². The molecule has 0 aliphatic carbocycles. The van der Waals surface area contributed by atoms with Crippen LogP contribution in [-0.4, -0.2) is 39.9 Å². The largest absolute Gasteiger partial charge is 0.484 e. The summed E-state index contributed by atoms with van der Waals surface area (Å²) in [6.45, 7) is 42.5. The van der Waals surface area contributed by atoms with Crippen molar-refractivity contribution in [3.8, 4) is 0 Å². The van der Waals surface area contributed by atoms with Crippen molar-refractivity contribution < 1.29 is 12.3 Å². The van der Waals surface area contributed by atoms with Gasteiger partial charge in [-0.25, -0.2) is 0 Å². The molecule has 0 bridgehead atoms. The zero-order valence-corrected chi connectivity index (χ0v) is 31.7. The monoisotopic (exact) mass is 577 g/mol. The highest BCUT2D eigenvalue weighted by Gasteiger charge is 2.63. The predicted molar refractivity (Wildman–Crippen MR) is 171 cm³/mol. The molecule has 0 aliphatic rings. The molecule has 0 aromatic rings. The Morgan fingerprint density at radius 1 is 0.361 bits per heavy atom. The van der Waals surface area contributed by atoms with Gasteiger partial charge in [0.15, 0.2) is 25.0 Å². The highest BCUT2D eigenvalue weighted by molar-refractivity contribution is 6.94. The fourth-order valence-corrected chi connectivity index (χ4v) is 37.6. The Balaban J connectivity index is 7.57. The van der Waals surface area contributed by atoms with Gasteiger partial charge in [0.25, 0.3) is 0 Å². The van der Waals surface area contributed by atoms with E-state index in [-0.39, 0.29) is 0 Å². The molecular weight excluding hydrogens is 511 g/mol. The van der Waals surface area contributed by atoms with E-state index in [0.29, 0.717) is 56.0 Å². The van der Waals surface area contributed by atoms with Crippen LogP contribution in [0.3, 0.4) is 0 Å². The molecule has 36 heavy (non-hydrogen) atoms. The number of hydrogen-bond acceptors (Lipinski definition) is 4. The van der Waals surface area contributed by atoms with Crippen LogP contribution < -0.4 is 5.73 Å². The van der Waals surface area contributed by atoms with Crippen molar-refractivity contribution in [1.82, 2.24) is 0 Å². The van der Waals surface area contributed by atoms with Crippen LogP contribution in [0.25, 0.3) is 0 Å². The molecule has 0 aromatic heterocycles. The Morgan fingerprint density at radius 3 is 0.583 bits per heavy atom. The maximum absolute atomic E-state index is 7.75. The maximum Gasteiger partial charge on any atom is 0.484 e. The first kappa shape index (κ1) is 36.7. The van der Waals surface area contributed by atoms with E-state index in [0.717, 1.165) is 0 Å². The summed E-state index contributed by atoms with van der Waals surface area (Å²) < 4.78 is 23.2. The fourth-order valence-electron chi connectivity index (χ4n) is 8.06. The van der Waals surface area contributed by atoms with E-state index in [1.54, 1.807) is 0 Å². The maximum atomic E-state index is 7.75. The molecule has 0 saturated carbocycles. The van der Waals surface area contributed by atoms with Crippen molar-refractivity contribution in [3.05, 3.63) is 0 Å². The van der Waals surface area contributed by atoms with Crippen LogP contribution in [0.15, 0.2) is 0 Å². The van der Waals surface area contributed by atoms with Gasteiger partial charge in [0.05, 0.1) is 6.17 Å². The van der Waals surface area contributed by atoms with Crippen LogP contribution in [0, 0.1) is 0 Å². The van der Waals surface area contributed by atoms with Crippen molar-refractivity contribution in [2.24, 2.45) is 5.73 Å². The summed E-state index contributed by atoms with van der Waals surface area (Å²) in [5.41, 5.74) is 10.9. The average molecular weight is 578 g/mol. The van der Waals surface area contributed by atoms with E-state index in [4.69, 9.17) is 18.1 Å². The van der Waals surface area contributed by atoms with Crippen molar-refractivity contribution in [2.45, 2.75) is 174 Å². The molecule has 218 valence electrons. The van der Waals surface area contributed by atoms with Crippen LogP contribution >= 0.6 is 0 Å². The van der Waals surface area contributed by atoms with Gasteiger partial charge < -0.3 is 18.1 Å². The van der Waals surface area contributed by atoms with Crippen molar-refractivity contribution in [2.75, 3.05) is 6.17 Å². The number of rotatable bonds is 16. The Morgan fingerprint density at radius 2 is 0.500 bits per heavy atom. The molecule has 0 unspecified atom stereocenters. The second kappa shape index (κ2) is 13.9. The lowest BCUT2D eigenvalue weighted by molar-refractivity contribution is 0.219. The van der Waals surface area contributed by atoms with Crippen molar-refractivity contribution >= 4 is 33.8 Å². The molecule has 0 aliphatic heterocycles. The molecule has 0 amide bonds. The molecule has 0 heterocycles. The smallest absolute Gasteiger partial charge is 0.415 e. The van der Waals surface area contributed by atoms with Gasteiger partial charge in [0.2, 0.25) is 0 Å². The zero-order valence-electron chi connectivity index (χ0n) is 27.7. The summed E-state index contributed by atoms with van der Waals surface area (Å²) in [7, 11) is -10.2. The Hall–Kier alpha value is 0.708. The minimum atomic E-state index is -3.28. The first-order valence-electron chi connectivity index (χ1n) is 15.0. The summed E-state index contributed by atoms with van der Waals surface area (Å²) in [5, 5.41) is 0. The lowest BCUT2D eigenvalue weighted by Crippen LogP contribution is -2.72. The summed E-state index contributed by atoms with van der Waals surface area (Å²) in [5.74, 6) is 0. The highest BCUT2D eigenvalue weighted by Crippen LogP contribution is 2.51. The van der Waals surface area contributed by atoms with Crippen LogP contribution in [0.2, 0.25) is 49.9 Å². The molecule has 0 aromatic carbocycles. The molecule has 0 rings (SSSR count). The molecule has 0 saturated heterocycles. The quantitative estimate of drug-likeness (QED) is 0.185. The number of nitrogens with two attached hydrogens (primary N) is 1. The second-order valence-electron chi connectivity index (χ2n) is 14.1. The van der Waals surface area contributed by atoms with Crippen LogP contribution in [0.5, 0.6) is 0 Å². The van der Waals surface area contributed by atoms with Gasteiger partial charge in [-0.2, -0.15) is 0 Å². The van der Waals surface area contributed by atoms with Crippen molar-refractivity contribution in [1.29, 1.82) is 0 Å². The molecule has 2 N–H and O–H groups in total. The first-order chi connectivity index (χ1) is 16.2. The Kier molecular flexibility index (Phi) is 14.1. The minimum Gasteiger partial charge on any atom is -0.415 e. The van der Waals surface area contributed by atoms with E-state index in [1.807, 2.05) is 0 Å². The molecule has 0 radical (unpaired) electrons. The Labute approximate surface area is 232 Å². The lowest BCUT2D eigenvalue weighted by Gasteiger charge is -2.56. The highest BCUT2D eigenvalue weighted by atomic mass is 28.5. The SMILES string of the molecule is CC(C)[Si](O[Si](CN)(O[Si](C(C)C)(C(C)C)C(C)C)O[Si](C(C)C)(C(C)C)C(C)C)(C(C)C)C(C)C. The molecular formula is C28H67NO3Si4. The molecule has 0 atom stereocenters. The minimum absolute atomic E-state index is 0.371. The van der Waals surface area contributed by atoms with Crippen LogP contribution in [0.4, 0.5) is 0 Å². The summed E-state index contributed by atoms with van der Waals surface area (Å²) in [6.07, 6.45) is 0.371. The lowest BCUT2D eigenvalue weighted by atomic mass is 10.5. The van der Waals surface area contributed by atoms with E-state index in [9.17, 15) is 0 Å². The van der Waals surface area contributed by atoms with Gasteiger partial charge in [-0.1, -0.05) is 125 Å². The van der Waals surface area contributed by atoms with E-state index in [2.05, 4.69) is 125 Å². The fraction of sp³-hybridized carbons (Fsp3) is 1.00. The van der Waals surface area contributed by atoms with Gasteiger partial charge in [-0.05, 0) is 49.9 Å². The predicted octanol–water partition coefficient (Wildman–Crippen LogP) is 10.00. The van der Waals surface area contributed by atoms with Crippen molar-refractivity contribution in [3.63, 3.8) is 0 Å². The molecule has 0 fully saturated rings. The van der Waals surface area contributed by atoms with Gasteiger partial charge in [-0.15, -0.1) is 0 Å². The van der Waals surface area contributed by atoms with Crippen LogP contribution in [0.1, 0.15) is 125 Å². The zero-order chi connectivity index (χ0) is 29.0. The van der Waals surface area contributed by atoms with E-state index in [1.165, 1.54) is 0 Å². The van der Waals surface area contributed by atoms with E-state index < -0.39 is 33.8 Å². The summed E-state index contributed by atoms with van der Waals surface area (Å²) in [4.78, 5) is 0. The standard InChI is InChI=1S/C28H67NO3Si4/c1-20(2)34(21(3)4,22(5)6)30-33(19-29,31-35(23(7)8,24(9)10)25(11)12)32-36(26(13)14,27(15)16)28(17)18/h20-28H,19,29H2,1-18H3. The normalized spacial score (nSPS) is 15.0. The first-order valence-corrected chi connectivity index (χ1v) is 23.3. The third-order valence-corrected chi connectivity index (χ3v) is 34.1. The molecule has 0 spiro atoms. The van der Waals surface area contributed by atoms with Gasteiger partial charge in [-0.3, -0.25) is 0 Å². The van der Waals surface area contributed by atoms with Crippen LogP contribution in [-0.2, 0) is 12.3 Å². The van der Waals surface area contributed by atoms with Gasteiger partial charge in [0, 0.05) is 0 Å². The molecule has 8 heteroatoms. The topological polar surface area (TPSA) is 53.7 Å². The Bertz CT molecular complexity index is 500. The number of hydrogen-bond donors (Lipinski definition) is 1. The third kappa shape index (κ3) is 6.88. The van der Waals surface area contributed by atoms with E-state index >= 15 is 0 Å². The summed E-state index contributed by atoms with van der Waals surface area (Å²) in [6, 6.07) is 0. The van der Waals surface area contributed by atoms with Gasteiger partial charge >= 0.3 is 8.80 Å².